The van der Waals surface area contributed by atoms with Crippen molar-refractivity contribution < 1.29 is 14.3 Å². The zero-order valence-corrected chi connectivity index (χ0v) is 11.5. The van der Waals surface area contributed by atoms with Gasteiger partial charge in [-0.05, 0) is 34.6 Å². The number of hydrogen-bond donors (Lipinski definition) is 0. The average Bonchev–Trinajstić information content (AvgIpc) is 2.57. The molecule has 1 aromatic heterocycles. The van der Waals surface area contributed by atoms with Crippen molar-refractivity contribution in [3.8, 4) is 0 Å². The van der Waals surface area contributed by atoms with Crippen molar-refractivity contribution in [2.75, 3.05) is 6.61 Å². The summed E-state index contributed by atoms with van der Waals surface area (Å²) in [7, 11) is 0. The Morgan fingerprint density at radius 3 is 2.39 bits per heavy atom. The Hall–Kier alpha value is -1.72. The van der Waals surface area contributed by atoms with Crippen LogP contribution in [0.4, 0.5) is 0 Å². The smallest absolute Gasteiger partial charge is 0.319 e. The van der Waals surface area contributed by atoms with Gasteiger partial charge < -0.3 is 4.74 Å². The van der Waals surface area contributed by atoms with E-state index >= 15 is 0 Å². The molecule has 0 unspecified atom stereocenters. The van der Waals surface area contributed by atoms with E-state index in [1.165, 1.54) is 4.68 Å². The lowest BCUT2D eigenvalue weighted by atomic mass is 9.88. The number of rotatable bonds is 5. The van der Waals surface area contributed by atoms with E-state index in [-0.39, 0.29) is 18.9 Å². The van der Waals surface area contributed by atoms with Crippen LogP contribution in [0.1, 0.15) is 32.4 Å². The molecule has 0 N–H and O–H groups in total. The zero-order chi connectivity index (χ0) is 13.9. The molecule has 0 saturated heterocycles. The lowest BCUT2D eigenvalue weighted by molar-refractivity contribution is -0.158. The molecule has 0 bridgehead atoms. The number of ether oxygens (including phenoxy) is 1. The highest BCUT2D eigenvalue weighted by molar-refractivity contribution is 6.02. The van der Waals surface area contributed by atoms with Crippen molar-refractivity contribution in [3.05, 3.63) is 11.6 Å². The number of esters is 1. The van der Waals surface area contributed by atoms with E-state index in [1.54, 1.807) is 34.6 Å². The molecular formula is C12H19N3O3. The molecule has 0 atom stereocenters. The third-order valence-electron chi connectivity index (χ3n) is 2.74. The van der Waals surface area contributed by atoms with Gasteiger partial charge in [-0.3, -0.25) is 9.59 Å². The normalized spacial score (nSPS) is 11.4. The van der Waals surface area contributed by atoms with Crippen LogP contribution in [0.3, 0.4) is 0 Å². The molecule has 0 radical (unpaired) electrons. The maximum absolute atomic E-state index is 12.1. The molecule has 1 rings (SSSR count). The Bertz CT molecular complexity index is 463. The van der Waals surface area contributed by atoms with Crippen molar-refractivity contribution >= 4 is 11.8 Å². The predicted molar refractivity (Wildman–Crippen MR) is 64.9 cm³/mol. The molecule has 1 aromatic rings. The largest absolute Gasteiger partial charge is 0.465 e. The van der Waals surface area contributed by atoms with E-state index in [2.05, 4.69) is 10.1 Å². The summed E-state index contributed by atoms with van der Waals surface area (Å²) < 4.78 is 6.39. The minimum Gasteiger partial charge on any atom is -0.465 e. The summed E-state index contributed by atoms with van der Waals surface area (Å²) in [5, 5.41) is 4.10. The highest BCUT2D eigenvalue weighted by Crippen LogP contribution is 2.20. The van der Waals surface area contributed by atoms with Crippen LogP contribution in [0.5, 0.6) is 0 Å². The van der Waals surface area contributed by atoms with Crippen LogP contribution in [-0.4, -0.2) is 33.1 Å². The molecule has 0 aliphatic heterocycles. The predicted octanol–water partition coefficient (Wildman–Crippen LogP) is 1.05. The molecule has 1 heterocycles. The maximum atomic E-state index is 12.1. The number of hydrogen-bond acceptors (Lipinski definition) is 5. The van der Waals surface area contributed by atoms with Gasteiger partial charge in [-0.1, -0.05) is 0 Å². The van der Waals surface area contributed by atoms with Crippen molar-refractivity contribution in [2.45, 2.75) is 41.2 Å². The van der Waals surface area contributed by atoms with E-state index in [4.69, 9.17) is 4.74 Å². The quantitative estimate of drug-likeness (QED) is 0.579. The first kappa shape index (κ1) is 14.3. The first-order valence-corrected chi connectivity index (χ1v) is 5.87. The molecule has 0 aliphatic carbocycles. The van der Waals surface area contributed by atoms with Gasteiger partial charge in [-0.2, -0.15) is 5.10 Å². The van der Waals surface area contributed by atoms with E-state index in [1.807, 2.05) is 0 Å². The Kier molecular flexibility index (Phi) is 4.21. The van der Waals surface area contributed by atoms with Gasteiger partial charge in [-0.15, -0.1) is 0 Å². The van der Waals surface area contributed by atoms with Crippen molar-refractivity contribution in [1.82, 2.24) is 14.8 Å². The fourth-order valence-corrected chi connectivity index (χ4v) is 1.47. The molecule has 0 aromatic carbocycles. The average molecular weight is 253 g/mol. The molecule has 0 fully saturated rings. The third kappa shape index (κ3) is 2.94. The summed E-state index contributed by atoms with van der Waals surface area (Å²) in [6, 6.07) is 0. The highest BCUT2D eigenvalue weighted by Gasteiger charge is 2.37. The summed E-state index contributed by atoms with van der Waals surface area (Å²) in [4.78, 5) is 27.9. The van der Waals surface area contributed by atoms with Gasteiger partial charge in [0.2, 0.25) is 0 Å². The molecule has 0 aliphatic rings. The molecule has 0 saturated carbocycles. The Balaban J connectivity index is 2.82. The van der Waals surface area contributed by atoms with Crippen LogP contribution < -0.4 is 0 Å². The van der Waals surface area contributed by atoms with Gasteiger partial charge in [-0.25, -0.2) is 9.67 Å². The van der Waals surface area contributed by atoms with Crippen molar-refractivity contribution in [2.24, 2.45) is 5.41 Å². The number of nitrogens with zero attached hydrogens (tertiary/aromatic N) is 3. The minimum absolute atomic E-state index is 0.0263. The number of aromatic nitrogens is 3. The summed E-state index contributed by atoms with van der Waals surface area (Å²) in [6.45, 7) is 8.65. The fourth-order valence-electron chi connectivity index (χ4n) is 1.47. The summed E-state index contributed by atoms with van der Waals surface area (Å²) in [5.41, 5.74) is -1.16. The summed E-state index contributed by atoms with van der Waals surface area (Å²) >= 11 is 0. The van der Waals surface area contributed by atoms with Crippen LogP contribution in [0, 0.1) is 19.3 Å². The Labute approximate surface area is 106 Å². The van der Waals surface area contributed by atoms with Gasteiger partial charge in [0.05, 0.1) is 6.61 Å². The second-order valence-electron chi connectivity index (χ2n) is 4.63. The number of ketones is 1. The Morgan fingerprint density at radius 2 is 1.94 bits per heavy atom. The van der Waals surface area contributed by atoms with Crippen LogP contribution >= 0.6 is 0 Å². The zero-order valence-electron chi connectivity index (χ0n) is 11.5. The molecule has 0 amide bonds. The molecular weight excluding hydrogens is 234 g/mol. The highest BCUT2D eigenvalue weighted by atomic mass is 16.5. The van der Waals surface area contributed by atoms with Crippen molar-refractivity contribution in [1.29, 1.82) is 0 Å². The molecule has 100 valence electrons. The lowest BCUT2D eigenvalue weighted by Crippen LogP contribution is -2.37. The molecule has 0 spiro atoms. The SMILES string of the molecule is CCOC(=O)C(C)(C)C(=O)Cn1nc(C)nc1C. The topological polar surface area (TPSA) is 74.1 Å². The lowest BCUT2D eigenvalue weighted by Gasteiger charge is -2.20. The maximum Gasteiger partial charge on any atom is 0.319 e. The van der Waals surface area contributed by atoms with Crippen LogP contribution in [0.25, 0.3) is 0 Å². The molecule has 6 heteroatoms. The number of carbonyl (C=O) groups is 2. The minimum atomic E-state index is -1.16. The first-order valence-electron chi connectivity index (χ1n) is 5.87. The van der Waals surface area contributed by atoms with Gasteiger partial charge in [0.25, 0.3) is 0 Å². The van der Waals surface area contributed by atoms with Crippen LogP contribution in [-0.2, 0) is 20.9 Å². The second kappa shape index (κ2) is 5.29. The monoisotopic (exact) mass is 253 g/mol. The van der Waals surface area contributed by atoms with Gasteiger partial charge in [0.15, 0.2) is 5.78 Å². The molecule has 6 nitrogen and oxygen atoms in total. The van der Waals surface area contributed by atoms with Gasteiger partial charge in [0.1, 0.15) is 23.6 Å². The molecule has 18 heavy (non-hydrogen) atoms. The van der Waals surface area contributed by atoms with Crippen LogP contribution in [0.2, 0.25) is 0 Å². The number of carbonyl (C=O) groups excluding carboxylic acids is 2. The van der Waals surface area contributed by atoms with E-state index in [0.717, 1.165) is 0 Å². The van der Waals surface area contributed by atoms with Crippen LogP contribution in [0.15, 0.2) is 0 Å². The number of Topliss-reactive ketones (excluding diaryl/α,β-unsaturated/α-hetero) is 1. The first-order chi connectivity index (χ1) is 8.28. The van der Waals surface area contributed by atoms with Gasteiger partial charge >= 0.3 is 5.97 Å². The van der Waals surface area contributed by atoms with Gasteiger partial charge in [0, 0.05) is 0 Å². The Morgan fingerprint density at radius 1 is 1.33 bits per heavy atom. The van der Waals surface area contributed by atoms with E-state index in [0.29, 0.717) is 11.6 Å². The van der Waals surface area contributed by atoms with E-state index in [9.17, 15) is 9.59 Å². The second-order valence-corrected chi connectivity index (χ2v) is 4.63. The van der Waals surface area contributed by atoms with E-state index < -0.39 is 11.4 Å². The summed E-state index contributed by atoms with van der Waals surface area (Å²) in [5.74, 6) is 0.508. The fraction of sp³-hybridized carbons (Fsp3) is 0.667. The third-order valence-corrected chi connectivity index (χ3v) is 2.74. The van der Waals surface area contributed by atoms with Crippen molar-refractivity contribution in [3.63, 3.8) is 0 Å². The number of aryl methyl sites for hydroxylation is 2. The standard InChI is InChI=1S/C12H19N3O3/c1-6-18-11(17)12(4,5)10(16)7-15-9(3)13-8(2)14-15/h6-7H2,1-5H3. The summed E-state index contributed by atoms with van der Waals surface area (Å²) in [6.07, 6.45) is 0.